The number of pyridine rings is 1. The molecule has 0 unspecified atom stereocenters. The number of halogens is 1. The molecule has 0 aliphatic heterocycles. The molecule has 7 nitrogen and oxygen atoms in total. The Kier molecular flexibility index (Phi) is 6.24. The summed E-state index contributed by atoms with van der Waals surface area (Å²) in [6.07, 6.45) is 1.65. The fraction of sp³-hybridized carbons (Fsp3) is 0.136. The highest BCUT2D eigenvalue weighted by atomic mass is 79.9. The van der Waals surface area contributed by atoms with Crippen molar-refractivity contribution in [2.75, 3.05) is 18.5 Å². The quantitative estimate of drug-likeness (QED) is 0.340. The first-order chi connectivity index (χ1) is 14.7. The minimum atomic E-state index is -0.240. The fourth-order valence-electron chi connectivity index (χ4n) is 2.96. The average molecular weight is 466 g/mol. The van der Waals surface area contributed by atoms with E-state index in [0.717, 1.165) is 21.3 Å². The molecule has 0 aliphatic carbocycles. The van der Waals surface area contributed by atoms with Gasteiger partial charge in [-0.05, 0) is 46.3 Å². The molecule has 2 aromatic carbocycles. The Morgan fingerprint density at radius 2 is 1.90 bits per heavy atom. The van der Waals surface area contributed by atoms with Crippen LogP contribution in [0.5, 0.6) is 5.75 Å². The second kappa shape index (κ2) is 9.41. The van der Waals surface area contributed by atoms with E-state index in [1.165, 1.54) is 0 Å². The predicted molar refractivity (Wildman–Crippen MR) is 120 cm³/mol. The van der Waals surface area contributed by atoms with Gasteiger partial charge in [-0.3, -0.25) is 4.79 Å². The molecule has 0 saturated carbocycles. The van der Waals surface area contributed by atoms with Crippen molar-refractivity contribution in [3.05, 3.63) is 82.7 Å². The van der Waals surface area contributed by atoms with Crippen LogP contribution in [0.1, 0.15) is 16.2 Å². The summed E-state index contributed by atoms with van der Waals surface area (Å²) >= 11 is 3.38. The summed E-state index contributed by atoms with van der Waals surface area (Å²) in [4.78, 5) is 24.8. The highest BCUT2D eigenvalue weighted by molar-refractivity contribution is 9.10. The number of hydrogen-bond acceptors (Lipinski definition) is 5. The van der Waals surface area contributed by atoms with Gasteiger partial charge in [0.2, 0.25) is 0 Å². The highest BCUT2D eigenvalue weighted by Gasteiger charge is 2.14. The monoisotopic (exact) mass is 465 g/mol. The first kappa shape index (κ1) is 19.9. The van der Waals surface area contributed by atoms with Crippen LogP contribution in [0.25, 0.3) is 11.0 Å². The average Bonchev–Trinajstić information content (AvgIpc) is 3.19. The van der Waals surface area contributed by atoms with Gasteiger partial charge in [0, 0.05) is 10.7 Å². The number of para-hydroxylation sites is 3. The van der Waals surface area contributed by atoms with Crippen LogP contribution >= 0.6 is 15.9 Å². The topological polar surface area (TPSA) is 91.9 Å². The van der Waals surface area contributed by atoms with Gasteiger partial charge >= 0.3 is 0 Å². The number of hydrogen-bond donors (Lipinski definition) is 3. The van der Waals surface area contributed by atoms with E-state index >= 15 is 0 Å². The number of amides is 1. The first-order valence-corrected chi connectivity index (χ1v) is 10.3. The number of nitrogens with zero attached hydrogens (tertiary/aromatic N) is 2. The van der Waals surface area contributed by atoms with Crippen LogP contribution in [0.4, 0.5) is 5.82 Å². The summed E-state index contributed by atoms with van der Waals surface area (Å²) in [5.41, 5.74) is 2.25. The van der Waals surface area contributed by atoms with Crippen LogP contribution in [-0.4, -0.2) is 34.0 Å². The summed E-state index contributed by atoms with van der Waals surface area (Å²) in [5, 5.41) is 6.07. The van der Waals surface area contributed by atoms with Crippen molar-refractivity contribution >= 4 is 38.7 Å². The van der Waals surface area contributed by atoms with E-state index in [1.807, 2.05) is 54.6 Å². The molecular weight excluding hydrogens is 446 g/mol. The lowest BCUT2D eigenvalue weighted by atomic mass is 10.2. The Balaban J connectivity index is 1.37. The smallest absolute Gasteiger partial charge is 0.255 e. The largest absolute Gasteiger partial charge is 0.492 e. The van der Waals surface area contributed by atoms with E-state index < -0.39 is 0 Å². The van der Waals surface area contributed by atoms with Crippen molar-refractivity contribution in [1.82, 2.24) is 20.3 Å². The van der Waals surface area contributed by atoms with E-state index in [2.05, 4.69) is 41.5 Å². The molecule has 3 N–H and O–H groups in total. The number of carbonyl (C=O) groups is 1. The molecule has 30 heavy (non-hydrogen) atoms. The molecule has 8 heteroatoms. The lowest BCUT2D eigenvalue weighted by Crippen LogP contribution is -2.25. The lowest BCUT2D eigenvalue weighted by Gasteiger charge is -2.12. The molecule has 152 valence electrons. The summed E-state index contributed by atoms with van der Waals surface area (Å²) in [6.45, 7) is 1.24. The number of aromatic nitrogens is 3. The normalized spacial score (nSPS) is 10.7. The summed E-state index contributed by atoms with van der Waals surface area (Å²) in [7, 11) is 0. The van der Waals surface area contributed by atoms with Gasteiger partial charge in [-0.25, -0.2) is 9.97 Å². The van der Waals surface area contributed by atoms with Crippen molar-refractivity contribution in [2.24, 2.45) is 0 Å². The maximum Gasteiger partial charge on any atom is 0.255 e. The van der Waals surface area contributed by atoms with Gasteiger partial charge in [0.25, 0.3) is 5.91 Å². The van der Waals surface area contributed by atoms with Gasteiger partial charge in [0.1, 0.15) is 24.0 Å². The molecule has 0 atom stereocenters. The molecule has 0 aliphatic rings. The Hall–Kier alpha value is -3.39. The van der Waals surface area contributed by atoms with Gasteiger partial charge < -0.3 is 20.4 Å². The van der Waals surface area contributed by atoms with E-state index in [0.29, 0.717) is 30.4 Å². The minimum absolute atomic E-state index is 0.240. The van der Waals surface area contributed by atoms with Gasteiger partial charge in [0.15, 0.2) is 0 Å². The third-order valence-electron chi connectivity index (χ3n) is 4.36. The Bertz CT molecular complexity index is 1110. The second-order valence-electron chi connectivity index (χ2n) is 6.52. The molecule has 0 radical (unpaired) electrons. The molecule has 4 rings (SSSR count). The van der Waals surface area contributed by atoms with E-state index in [4.69, 9.17) is 4.74 Å². The van der Waals surface area contributed by atoms with Crippen molar-refractivity contribution in [1.29, 1.82) is 0 Å². The Morgan fingerprint density at radius 1 is 1.10 bits per heavy atom. The van der Waals surface area contributed by atoms with Crippen LogP contribution in [0.3, 0.4) is 0 Å². The number of H-pyrrole nitrogens is 1. The Morgan fingerprint density at radius 3 is 2.73 bits per heavy atom. The number of aromatic amines is 1. The van der Waals surface area contributed by atoms with Crippen LogP contribution in [0.15, 0.2) is 71.3 Å². The van der Waals surface area contributed by atoms with Gasteiger partial charge in [-0.1, -0.05) is 30.3 Å². The number of benzene rings is 2. The maximum absolute atomic E-state index is 12.8. The number of nitrogens with one attached hydrogen (secondary N) is 3. The molecule has 0 bridgehead atoms. The number of anilines is 1. The van der Waals surface area contributed by atoms with Crippen LogP contribution < -0.4 is 15.4 Å². The number of fused-ring (bicyclic) bond motifs is 1. The summed E-state index contributed by atoms with van der Waals surface area (Å²) < 4.78 is 6.40. The Labute approximate surface area is 182 Å². The standard InChI is InChI=1S/C22H20BrN5O2/c23-15-12-17(21(25-13-15)24-10-11-30-16-6-2-1-3-7-16)22(29)26-14-20-27-18-8-4-5-9-19(18)28-20/h1-9,12-13H,10-11,14H2,(H,24,25)(H,26,29)(H,27,28). The van der Waals surface area contributed by atoms with Crippen molar-refractivity contribution < 1.29 is 9.53 Å². The van der Waals surface area contributed by atoms with Gasteiger partial charge in [-0.15, -0.1) is 0 Å². The summed E-state index contributed by atoms with van der Waals surface area (Å²) in [5.74, 6) is 1.75. The zero-order valence-corrected chi connectivity index (χ0v) is 17.6. The molecule has 2 heterocycles. The SMILES string of the molecule is O=C(NCc1nc2ccccc2[nH]1)c1cc(Br)cnc1NCCOc1ccccc1. The third-order valence-corrected chi connectivity index (χ3v) is 4.79. The van der Waals surface area contributed by atoms with Crippen LogP contribution in [0.2, 0.25) is 0 Å². The van der Waals surface area contributed by atoms with E-state index in [-0.39, 0.29) is 12.5 Å². The number of imidazole rings is 1. The molecular formula is C22H20BrN5O2. The minimum Gasteiger partial charge on any atom is -0.492 e. The van der Waals surface area contributed by atoms with Crippen molar-refractivity contribution in [2.45, 2.75) is 6.54 Å². The van der Waals surface area contributed by atoms with E-state index in [1.54, 1.807) is 12.3 Å². The molecule has 0 saturated heterocycles. The maximum atomic E-state index is 12.8. The molecule has 1 amide bonds. The molecule has 4 aromatic rings. The summed E-state index contributed by atoms with van der Waals surface area (Å²) in [6, 6.07) is 19.1. The number of ether oxygens (including phenoxy) is 1. The highest BCUT2D eigenvalue weighted by Crippen LogP contribution is 2.18. The molecule has 2 aromatic heterocycles. The lowest BCUT2D eigenvalue weighted by molar-refractivity contribution is 0.0950. The molecule has 0 spiro atoms. The predicted octanol–water partition coefficient (Wildman–Crippen LogP) is 4.14. The van der Waals surface area contributed by atoms with Crippen LogP contribution in [0, 0.1) is 0 Å². The third kappa shape index (κ3) is 4.96. The second-order valence-corrected chi connectivity index (χ2v) is 7.44. The zero-order chi connectivity index (χ0) is 20.8. The fourth-order valence-corrected chi connectivity index (χ4v) is 3.29. The number of rotatable bonds is 8. The zero-order valence-electron chi connectivity index (χ0n) is 16.1. The van der Waals surface area contributed by atoms with Gasteiger partial charge in [0.05, 0.1) is 29.7 Å². The van der Waals surface area contributed by atoms with E-state index in [9.17, 15) is 4.79 Å². The van der Waals surface area contributed by atoms with Gasteiger partial charge in [-0.2, -0.15) is 0 Å². The van der Waals surface area contributed by atoms with Crippen LogP contribution in [-0.2, 0) is 6.54 Å². The number of carbonyl (C=O) groups excluding carboxylic acids is 1. The van der Waals surface area contributed by atoms with Crippen molar-refractivity contribution in [3.8, 4) is 5.75 Å². The van der Waals surface area contributed by atoms with Crippen molar-refractivity contribution in [3.63, 3.8) is 0 Å². The first-order valence-electron chi connectivity index (χ1n) is 9.48. The molecule has 0 fully saturated rings.